The molecule has 0 fully saturated rings. The van der Waals surface area contributed by atoms with Crippen molar-refractivity contribution in [3.63, 3.8) is 0 Å². The van der Waals surface area contributed by atoms with Crippen LogP contribution in [0.25, 0.3) is 15.7 Å². The Morgan fingerprint density at radius 3 is 1.93 bits per heavy atom. The van der Waals surface area contributed by atoms with Gasteiger partial charge in [0.25, 0.3) is 0 Å². The van der Waals surface area contributed by atoms with Crippen LogP contribution in [0.4, 0.5) is 17.1 Å². The number of rotatable bonds is 2. The van der Waals surface area contributed by atoms with Crippen LogP contribution in [-0.2, 0) is 5.41 Å². The molecule has 1 aliphatic heterocycles. The van der Waals surface area contributed by atoms with Crippen molar-refractivity contribution in [3.05, 3.63) is 127 Å². The molecule has 0 atom stereocenters. The monoisotopic (exact) mass is 601 g/mol. The summed E-state index contributed by atoms with van der Waals surface area (Å²) < 4.78 is 1.17. The number of fused-ring (bicyclic) bond motifs is 4. The van der Waals surface area contributed by atoms with E-state index in [0.717, 1.165) is 27.8 Å². The van der Waals surface area contributed by atoms with Gasteiger partial charge in [-0.2, -0.15) is 0 Å². The van der Waals surface area contributed by atoms with Gasteiger partial charge in [-0.1, -0.05) is 49.2 Å². The predicted octanol–water partition coefficient (Wildman–Crippen LogP) is 8.70. The molecule has 0 radical (unpaired) electrons. The number of allylic oxidation sites excluding steroid dienone is 1. The van der Waals surface area contributed by atoms with Crippen molar-refractivity contribution < 1.29 is 9.59 Å². The number of aryl methyl sites for hydroxylation is 4. The second kappa shape index (κ2) is 9.01. The van der Waals surface area contributed by atoms with Crippen molar-refractivity contribution in [2.24, 2.45) is 0 Å². The fraction of sp³-hybridized carbons (Fsp3) is 0.189. The molecule has 4 aromatic carbocycles. The number of benzene rings is 4. The van der Waals surface area contributed by atoms with Gasteiger partial charge >= 0.3 is 156 Å². The fourth-order valence-corrected chi connectivity index (χ4v) is 8.21. The molecular weight excluding hydrogens is 569 g/mol. The summed E-state index contributed by atoms with van der Waals surface area (Å²) in [6.07, 6.45) is 1.80. The van der Waals surface area contributed by atoms with E-state index >= 15 is 0 Å². The molecule has 7 rings (SSSR count). The predicted molar refractivity (Wildman–Crippen MR) is 170 cm³/mol. The van der Waals surface area contributed by atoms with E-state index in [-0.39, 0.29) is 37.1 Å². The van der Waals surface area contributed by atoms with Crippen molar-refractivity contribution in [2.75, 3.05) is 4.90 Å². The molecule has 202 valence electrons. The molecule has 4 heteroatoms. The Morgan fingerprint density at radius 1 is 0.683 bits per heavy atom. The van der Waals surface area contributed by atoms with Crippen LogP contribution < -0.4 is 4.90 Å². The molecule has 0 amide bonds. The van der Waals surface area contributed by atoms with E-state index < -0.39 is 0 Å². The van der Waals surface area contributed by atoms with Crippen LogP contribution >= 0.6 is 0 Å². The molecule has 2 heterocycles. The van der Waals surface area contributed by atoms with Crippen molar-refractivity contribution >= 4 is 58.9 Å². The summed E-state index contributed by atoms with van der Waals surface area (Å²) >= 11 is 0.224. The summed E-state index contributed by atoms with van der Waals surface area (Å²) in [6, 6.07) is 23.7. The van der Waals surface area contributed by atoms with Crippen LogP contribution in [0.15, 0.2) is 77.2 Å². The van der Waals surface area contributed by atoms with E-state index in [2.05, 4.69) is 106 Å². The number of ketones is 2. The minimum absolute atomic E-state index is 0.137. The van der Waals surface area contributed by atoms with E-state index in [1.165, 1.54) is 37.9 Å². The fourth-order valence-electron chi connectivity index (χ4n) is 6.51. The number of hydrogen-bond acceptors (Lipinski definition) is 3. The average Bonchev–Trinajstić information content (AvgIpc) is 3.49. The first kappa shape index (κ1) is 26.0. The van der Waals surface area contributed by atoms with Crippen molar-refractivity contribution in [3.8, 4) is 0 Å². The molecule has 3 nitrogen and oxygen atoms in total. The van der Waals surface area contributed by atoms with Gasteiger partial charge in [-0.25, -0.2) is 0 Å². The Labute approximate surface area is 246 Å². The van der Waals surface area contributed by atoms with Crippen molar-refractivity contribution in [1.82, 2.24) is 0 Å². The molecule has 5 aromatic rings. The maximum absolute atomic E-state index is 13.4. The third-order valence-corrected chi connectivity index (χ3v) is 10.7. The average molecular weight is 601 g/mol. The van der Waals surface area contributed by atoms with E-state index in [4.69, 9.17) is 0 Å². The van der Waals surface area contributed by atoms with E-state index in [9.17, 15) is 9.59 Å². The van der Waals surface area contributed by atoms with Crippen molar-refractivity contribution in [1.29, 1.82) is 0 Å². The molecule has 0 unspecified atom stereocenters. The van der Waals surface area contributed by atoms with Crippen LogP contribution in [0.5, 0.6) is 0 Å². The zero-order chi connectivity index (χ0) is 28.8. The summed E-state index contributed by atoms with van der Waals surface area (Å²) in [4.78, 5) is 31.3. The summed E-state index contributed by atoms with van der Waals surface area (Å²) in [5, 5.41) is 1.07. The Bertz CT molecular complexity index is 1900. The topological polar surface area (TPSA) is 37.4 Å². The number of carbonyl (C=O) groups excluding carboxylic acids is 2. The zero-order valence-electron chi connectivity index (χ0n) is 24.2. The summed E-state index contributed by atoms with van der Waals surface area (Å²) in [6.45, 7) is 13.1. The molecule has 1 aliphatic carbocycles. The van der Waals surface area contributed by atoms with Gasteiger partial charge in [0, 0.05) is 5.41 Å². The zero-order valence-corrected chi connectivity index (χ0v) is 25.9. The Balaban J connectivity index is 1.36. The van der Waals surface area contributed by atoms with Gasteiger partial charge in [-0.05, 0) is 37.1 Å². The molecular formula is C37H31NO2Se. The number of anilines is 3. The van der Waals surface area contributed by atoms with Gasteiger partial charge in [0.15, 0.2) is 0 Å². The number of Topliss-reactive ketones (excluding diaryl/α,β-unsaturated/α-hetero) is 2. The molecule has 2 aliphatic rings. The SMILES string of the molecule is Cc1ccc2c(c1)C(C)(C)c1cc(C)ccc1N2c1cc(C)c(/C=C2/C(=O)c3cc4cc[se]c4cc3C2=O)cc1C. The van der Waals surface area contributed by atoms with Gasteiger partial charge in [0.05, 0.1) is 0 Å². The second-order valence-electron chi connectivity index (χ2n) is 12.1. The van der Waals surface area contributed by atoms with Gasteiger partial charge < -0.3 is 0 Å². The van der Waals surface area contributed by atoms with Gasteiger partial charge in [0.2, 0.25) is 0 Å². The first-order valence-electron chi connectivity index (χ1n) is 14.0. The molecule has 0 bridgehead atoms. The van der Waals surface area contributed by atoms with Crippen molar-refractivity contribution in [2.45, 2.75) is 47.0 Å². The minimum atomic E-state index is -0.173. The van der Waals surface area contributed by atoms with Crippen LogP contribution in [0.3, 0.4) is 0 Å². The van der Waals surface area contributed by atoms with Crippen LogP contribution in [-0.4, -0.2) is 26.1 Å². The Hall–Kier alpha value is -3.98. The quantitative estimate of drug-likeness (QED) is 0.116. The van der Waals surface area contributed by atoms with E-state index in [1.54, 1.807) is 6.08 Å². The first-order chi connectivity index (χ1) is 19.5. The van der Waals surface area contributed by atoms with Crippen LogP contribution in [0.1, 0.15) is 73.5 Å². The summed E-state index contributed by atoms with van der Waals surface area (Å²) in [5.74, 6) is -0.336. The van der Waals surface area contributed by atoms with Crippen LogP contribution in [0.2, 0.25) is 0 Å². The Kier molecular flexibility index (Phi) is 5.70. The van der Waals surface area contributed by atoms with Crippen LogP contribution in [0, 0.1) is 27.7 Å². The molecule has 0 spiro atoms. The maximum atomic E-state index is 13.4. The normalized spacial score (nSPS) is 16.3. The summed E-state index contributed by atoms with van der Waals surface area (Å²) in [5.41, 5.74) is 12.8. The molecule has 0 saturated carbocycles. The molecule has 0 saturated heterocycles. The van der Waals surface area contributed by atoms with Gasteiger partial charge in [-0.3, -0.25) is 0 Å². The summed E-state index contributed by atoms with van der Waals surface area (Å²) in [7, 11) is 0. The van der Waals surface area contributed by atoms with E-state index in [1.807, 2.05) is 12.1 Å². The third kappa shape index (κ3) is 3.85. The molecule has 1 aromatic heterocycles. The number of carbonyl (C=O) groups is 2. The second-order valence-corrected chi connectivity index (χ2v) is 14.1. The standard InChI is InChI=1S/C37H31NO2Se/c1-20-7-9-31-29(13-20)37(5,6)30-14-21(2)8-10-32(30)38(31)33-16-22(3)25(15-23(33)4)18-28-35(39)26-17-24-11-12-41-34(24)19-27(26)36(28)40/h7-19H,1-6H3/b28-18-. The van der Waals surface area contributed by atoms with E-state index in [0.29, 0.717) is 11.1 Å². The van der Waals surface area contributed by atoms with Gasteiger partial charge in [-0.15, -0.1) is 0 Å². The van der Waals surface area contributed by atoms with Gasteiger partial charge in [0.1, 0.15) is 0 Å². The third-order valence-electron chi connectivity index (χ3n) is 8.83. The molecule has 0 N–H and O–H groups in total. The first-order valence-corrected chi connectivity index (χ1v) is 15.8. The number of nitrogens with zero attached hydrogens (tertiary/aromatic N) is 1. The number of hydrogen-bond donors (Lipinski definition) is 0. The Morgan fingerprint density at radius 2 is 1.29 bits per heavy atom. The molecule has 41 heavy (non-hydrogen) atoms.